The number of rotatable bonds is 3. The summed E-state index contributed by atoms with van der Waals surface area (Å²) >= 11 is 0. The molecule has 1 fully saturated rings. The van der Waals surface area contributed by atoms with E-state index in [4.69, 9.17) is 0 Å². The molecule has 1 aromatic rings. The van der Waals surface area contributed by atoms with E-state index >= 15 is 0 Å². The van der Waals surface area contributed by atoms with Crippen LogP contribution in [0.4, 0.5) is 4.39 Å². The monoisotopic (exact) mass is 315 g/mol. The quantitative estimate of drug-likeness (QED) is 0.926. The van der Waals surface area contributed by atoms with Gasteiger partial charge in [-0.3, -0.25) is 4.79 Å². The zero-order valence-corrected chi connectivity index (χ0v) is 12.7. The molecule has 2 atom stereocenters. The summed E-state index contributed by atoms with van der Waals surface area (Å²) < 4.78 is 39.8. The van der Waals surface area contributed by atoms with Gasteiger partial charge in [-0.2, -0.15) is 4.31 Å². The highest BCUT2D eigenvalue weighted by Gasteiger charge is 2.42. The van der Waals surface area contributed by atoms with Crippen LogP contribution in [0.3, 0.4) is 0 Å². The molecule has 116 valence electrons. The fourth-order valence-electron chi connectivity index (χ4n) is 2.76. The number of carboxylic acids is 1. The van der Waals surface area contributed by atoms with Crippen LogP contribution in [0.5, 0.6) is 0 Å². The number of nitrogens with zero attached hydrogens (tertiary/aromatic N) is 1. The molecule has 0 radical (unpaired) electrons. The first-order chi connectivity index (χ1) is 9.75. The van der Waals surface area contributed by atoms with E-state index in [2.05, 4.69) is 0 Å². The van der Waals surface area contributed by atoms with Gasteiger partial charge in [-0.05, 0) is 43.4 Å². The van der Waals surface area contributed by atoms with E-state index in [0.29, 0.717) is 18.4 Å². The average Bonchev–Trinajstić information content (AvgIpc) is 2.40. The van der Waals surface area contributed by atoms with E-state index in [1.54, 1.807) is 13.8 Å². The molecule has 1 N–H and O–H groups in total. The first kappa shape index (κ1) is 15.9. The van der Waals surface area contributed by atoms with Crippen LogP contribution >= 0.6 is 0 Å². The maximum absolute atomic E-state index is 13.4. The predicted octanol–water partition coefficient (Wildman–Crippen LogP) is 2.01. The largest absolute Gasteiger partial charge is 0.480 e. The van der Waals surface area contributed by atoms with Crippen LogP contribution in [-0.2, 0) is 14.8 Å². The molecule has 1 aliphatic heterocycles. The Kier molecular flexibility index (Phi) is 4.34. The molecule has 2 rings (SSSR count). The maximum Gasteiger partial charge on any atom is 0.322 e. The highest BCUT2D eigenvalue weighted by Crippen LogP contribution is 2.30. The van der Waals surface area contributed by atoms with Crippen molar-refractivity contribution in [2.45, 2.75) is 37.6 Å². The van der Waals surface area contributed by atoms with E-state index < -0.39 is 27.9 Å². The van der Waals surface area contributed by atoms with E-state index in [1.807, 2.05) is 0 Å². The number of piperidine rings is 1. The van der Waals surface area contributed by atoms with Gasteiger partial charge in [0.2, 0.25) is 10.0 Å². The first-order valence-corrected chi connectivity index (χ1v) is 8.20. The maximum atomic E-state index is 13.4. The van der Waals surface area contributed by atoms with Crippen molar-refractivity contribution < 1.29 is 22.7 Å². The Balaban J connectivity index is 2.51. The molecule has 1 aromatic carbocycles. The zero-order valence-electron chi connectivity index (χ0n) is 11.9. The highest BCUT2D eigenvalue weighted by molar-refractivity contribution is 7.89. The fourth-order valence-corrected chi connectivity index (χ4v) is 4.72. The SMILES string of the molecule is Cc1ccc(F)cc1S(=O)(=O)N1CCCC(C)C1C(=O)O. The standard InChI is InChI=1S/C14H18FNO4S/c1-9-5-6-11(15)8-12(9)21(19,20)16-7-3-4-10(2)13(16)14(17)18/h5-6,8,10,13H,3-4,7H2,1-2H3,(H,17,18). The van der Waals surface area contributed by atoms with E-state index in [1.165, 1.54) is 12.1 Å². The lowest BCUT2D eigenvalue weighted by Gasteiger charge is -2.36. The minimum atomic E-state index is -4.03. The van der Waals surface area contributed by atoms with Gasteiger partial charge >= 0.3 is 5.97 Å². The van der Waals surface area contributed by atoms with Crippen LogP contribution < -0.4 is 0 Å². The zero-order chi connectivity index (χ0) is 15.8. The molecule has 0 spiro atoms. The van der Waals surface area contributed by atoms with E-state index in [9.17, 15) is 22.7 Å². The summed E-state index contributed by atoms with van der Waals surface area (Å²) in [6, 6.07) is 2.40. The van der Waals surface area contributed by atoms with Crippen LogP contribution in [-0.4, -0.2) is 36.4 Å². The minimum Gasteiger partial charge on any atom is -0.480 e. The third-order valence-corrected chi connectivity index (χ3v) is 5.90. The van der Waals surface area contributed by atoms with Crippen molar-refractivity contribution in [3.05, 3.63) is 29.6 Å². The van der Waals surface area contributed by atoms with Gasteiger partial charge in [-0.1, -0.05) is 13.0 Å². The molecule has 2 unspecified atom stereocenters. The summed E-state index contributed by atoms with van der Waals surface area (Å²) in [5, 5.41) is 9.33. The number of carbonyl (C=O) groups is 1. The van der Waals surface area contributed by atoms with Gasteiger partial charge in [0.05, 0.1) is 4.90 Å². The van der Waals surface area contributed by atoms with Crippen molar-refractivity contribution in [1.82, 2.24) is 4.31 Å². The normalized spacial score (nSPS) is 24.0. The molecule has 1 saturated heterocycles. The molecule has 1 heterocycles. The number of aryl methyl sites for hydroxylation is 1. The van der Waals surface area contributed by atoms with Crippen molar-refractivity contribution in [2.24, 2.45) is 5.92 Å². The molecular formula is C14H18FNO4S. The number of hydrogen-bond donors (Lipinski definition) is 1. The van der Waals surface area contributed by atoms with Crippen LogP contribution in [0, 0.1) is 18.7 Å². The first-order valence-electron chi connectivity index (χ1n) is 6.76. The molecule has 0 aromatic heterocycles. The Hall–Kier alpha value is -1.47. The topological polar surface area (TPSA) is 74.7 Å². The van der Waals surface area contributed by atoms with Gasteiger partial charge in [0, 0.05) is 6.54 Å². The number of hydrogen-bond acceptors (Lipinski definition) is 3. The lowest BCUT2D eigenvalue weighted by Crippen LogP contribution is -2.51. The average molecular weight is 315 g/mol. The minimum absolute atomic E-state index is 0.138. The van der Waals surface area contributed by atoms with Crippen molar-refractivity contribution >= 4 is 16.0 Å². The van der Waals surface area contributed by atoms with Gasteiger partial charge in [0.15, 0.2) is 0 Å². The fraction of sp³-hybridized carbons (Fsp3) is 0.500. The molecule has 5 nitrogen and oxygen atoms in total. The molecular weight excluding hydrogens is 297 g/mol. The second kappa shape index (κ2) is 5.73. The van der Waals surface area contributed by atoms with Crippen LogP contribution in [0.25, 0.3) is 0 Å². The third kappa shape index (κ3) is 2.94. The summed E-state index contributed by atoms with van der Waals surface area (Å²) in [6.07, 6.45) is 1.25. The Bertz CT molecular complexity index is 659. The lowest BCUT2D eigenvalue weighted by molar-refractivity contribution is -0.144. The van der Waals surface area contributed by atoms with Crippen molar-refractivity contribution in [3.8, 4) is 0 Å². The number of benzene rings is 1. The van der Waals surface area contributed by atoms with E-state index in [0.717, 1.165) is 10.4 Å². The van der Waals surface area contributed by atoms with Crippen molar-refractivity contribution in [2.75, 3.05) is 6.54 Å². The van der Waals surface area contributed by atoms with Gasteiger partial charge in [-0.15, -0.1) is 0 Å². The number of aliphatic carboxylic acids is 1. The summed E-state index contributed by atoms with van der Waals surface area (Å²) in [5.74, 6) is -2.10. The predicted molar refractivity (Wildman–Crippen MR) is 74.9 cm³/mol. The second-order valence-corrected chi connectivity index (χ2v) is 7.29. The van der Waals surface area contributed by atoms with E-state index in [-0.39, 0.29) is 17.4 Å². The lowest BCUT2D eigenvalue weighted by atomic mass is 9.93. The van der Waals surface area contributed by atoms with Crippen molar-refractivity contribution in [3.63, 3.8) is 0 Å². The van der Waals surface area contributed by atoms with Crippen LogP contribution in [0.2, 0.25) is 0 Å². The molecule has 21 heavy (non-hydrogen) atoms. The molecule has 0 amide bonds. The Morgan fingerprint density at radius 2 is 2.10 bits per heavy atom. The Morgan fingerprint density at radius 3 is 2.71 bits per heavy atom. The summed E-state index contributed by atoms with van der Waals surface area (Å²) in [7, 11) is -4.03. The number of carboxylic acid groups (broad SMARTS) is 1. The van der Waals surface area contributed by atoms with Crippen molar-refractivity contribution in [1.29, 1.82) is 0 Å². The summed E-state index contributed by atoms with van der Waals surface area (Å²) in [6.45, 7) is 3.42. The Morgan fingerprint density at radius 1 is 1.43 bits per heavy atom. The number of sulfonamides is 1. The van der Waals surface area contributed by atoms with Gasteiger partial charge in [0.25, 0.3) is 0 Å². The van der Waals surface area contributed by atoms with Gasteiger partial charge in [0.1, 0.15) is 11.9 Å². The van der Waals surface area contributed by atoms with Gasteiger partial charge < -0.3 is 5.11 Å². The summed E-state index contributed by atoms with van der Waals surface area (Å²) in [4.78, 5) is 11.3. The number of halogens is 1. The third-order valence-electron chi connectivity index (χ3n) is 3.88. The molecule has 0 aliphatic carbocycles. The van der Waals surface area contributed by atoms with Crippen LogP contribution in [0.1, 0.15) is 25.3 Å². The second-order valence-electron chi connectivity index (χ2n) is 5.43. The molecule has 0 saturated carbocycles. The summed E-state index contributed by atoms with van der Waals surface area (Å²) in [5.41, 5.74) is 0.402. The molecule has 7 heteroatoms. The smallest absolute Gasteiger partial charge is 0.322 e. The Labute approximate surface area is 123 Å². The molecule has 1 aliphatic rings. The van der Waals surface area contributed by atoms with Crippen LogP contribution in [0.15, 0.2) is 23.1 Å². The highest BCUT2D eigenvalue weighted by atomic mass is 32.2. The molecule has 0 bridgehead atoms. The van der Waals surface area contributed by atoms with Gasteiger partial charge in [-0.25, -0.2) is 12.8 Å².